The van der Waals surface area contributed by atoms with E-state index in [9.17, 15) is 29.4 Å². The number of thiazole rings is 1. The molecule has 12 nitrogen and oxygen atoms in total. The number of hydrogen-bond donors (Lipinski definition) is 2. The summed E-state index contributed by atoms with van der Waals surface area (Å²) >= 11 is 2.85. The number of Topliss-reactive ketones (excluding diaryl/α,β-unsaturated/α-hetero) is 2. The van der Waals surface area contributed by atoms with E-state index in [1.54, 1.807) is 45.2 Å². The van der Waals surface area contributed by atoms with Crippen LogP contribution in [0.15, 0.2) is 64.3 Å². The first kappa shape index (κ1) is 42.3. The maximum absolute atomic E-state index is 13.9. The van der Waals surface area contributed by atoms with Gasteiger partial charge in [0.1, 0.15) is 24.4 Å². The van der Waals surface area contributed by atoms with Crippen molar-refractivity contribution in [2.24, 2.45) is 11.1 Å². The SMILES string of the molecule is CC(=O)C1=C(C=Cc2ccc(C[N+]3(C4CCC4)CCc4cc(O)c(O)cc4C3)cc2)CS[C@@H]2[C@H](CC(=O)/C(=N\OC(C)(C)C(=O)OC(C)(C)C)c3csc(C)n3)C(=O)N12. The summed E-state index contributed by atoms with van der Waals surface area (Å²) in [5.74, 6) is -1.96. The number of amides is 1. The molecule has 3 atom stereocenters. The number of aryl methyl sites for hydroxylation is 1. The zero-order valence-corrected chi connectivity index (χ0v) is 36.4. The molecular formula is C45H53N4O8S2+. The Morgan fingerprint density at radius 1 is 1.03 bits per heavy atom. The molecule has 2 aromatic carbocycles. The van der Waals surface area contributed by atoms with Gasteiger partial charge in [0.05, 0.1) is 34.6 Å². The third-order valence-electron chi connectivity index (χ3n) is 11.6. The van der Waals surface area contributed by atoms with Crippen molar-refractivity contribution in [3.63, 3.8) is 0 Å². The van der Waals surface area contributed by atoms with Crippen molar-refractivity contribution in [3.05, 3.63) is 92.1 Å². The number of fused-ring (bicyclic) bond motifs is 2. The number of benzene rings is 2. The molecule has 1 unspecified atom stereocenters. The second-order valence-electron chi connectivity index (χ2n) is 17.6. The van der Waals surface area contributed by atoms with Gasteiger partial charge in [-0.3, -0.25) is 19.3 Å². The first-order valence-electron chi connectivity index (χ1n) is 20.1. The quantitative estimate of drug-likeness (QED) is 0.0445. The van der Waals surface area contributed by atoms with E-state index in [2.05, 4.69) is 34.4 Å². The number of thioether (sulfide) groups is 1. The van der Waals surface area contributed by atoms with E-state index in [1.807, 2.05) is 12.2 Å². The highest BCUT2D eigenvalue weighted by Gasteiger charge is 2.53. The van der Waals surface area contributed by atoms with Gasteiger partial charge in [0.2, 0.25) is 11.5 Å². The molecule has 1 saturated carbocycles. The summed E-state index contributed by atoms with van der Waals surface area (Å²) in [5.41, 5.74) is 3.45. The maximum Gasteiger partial charge on any atom is 0.353 e. The Balaban J connectivity index is 1.03. The molecule has 1 amide bonds. The van der Waals surface area contributed by atoms with Crippen LogP contribution in [0.2, 0.25) is 0 Å². The summed E-state index contributed by atoms with van der Waals surface area (Å²) in [7, 11) is 0. The Morgan fingerprint density at radius 3 is 2.34 bits per heavy atom. The molecule has 2 fully saturated rings. The second kappa shape index (κ2) is 16.3. The van der Waals surface area contributed by atoms with Gasteiger partial charge < -0.3 is 24.3 Å². The molecule has 59 heavy (non-hydrogen) atoms. The molecule has 0 spiro atoms. The van der Waals surface area contributed by atoms with Crippen LogP contribution in [-0.2, 0) is 48.3 Å². The summed E-state index contributed by atoms with van der Waals surface area (Å²) in [5, 5.41) is 26.4. The van der Waals surface area contributed by atoms with E-state index in [1.165, 1.54) is 73.6 Å². The number of carbonyl (C=O) groups is 4. The fourth-order valence-electron chi connectivity index (χ4n) is 8.28. The van der Waals surface area contributed by atoms with Crippen LogP contribution >= 0.6 is 23.1 Å². The normalized spacial score (nSPS) is 22.4. The highest BCUT2D eigenvalue weighted by molar-refractivity contribution is 8.00. The molecule has 14 heteroatoms. The number of quaternary nitrogens is 1. The summed E-state index contributed by atoms with van der Waals surface area (Å²) in [6.07, 6.45) is 8.18. The number of hydrogen-bond acceptors (Lipinski definition) is 12. The van der Waals surface area contributed by atoms with E-state index in [0.29, 0.717) is 28.2 Å². The van der Waals surface area contributed by atoms with E-state index >= 15 is 0 Å². The summed E-state index contributed by atoms with van der Waals surface area (Å²) in [6, 6.07) is 12.5. The zero-order valence-electron chi connectivity index (χ0n) is 34.7. The van der Waals surface area contributed by atoms with Crippen LogP contribution in [0.3, 0.4) is 0 Å². The number of β-lactam (4-membered cyclic amide) rings is 1. The zero-order chi connectivity index (χ0) is 42.4. The largest absolute Gasteiger partial charge is 0.504 e. The highest BCUT2D eigenvalue weighted by Crippen LogP contribution is 2.46. The lowest BCUT2D eigenvalue weighted by atomic mass is 9.84. The number of aromatic nitrogens is 1. The molecule has 312 valence electrons. The van der Waals surface area contributed by atoms with Crippen molar-refractivity contribution in [1.82, 2.24) is 9.88 Å². The van der Waals surface area contributed by atoms with E-state index < -0.39 is 34.2 Å². The molecule has 3 aliphatic heterocycles. The molecule has 4 aliphatic rings. The van der Waals surface area contributed by atoms with Gasteiger partial charge >= 0.3 is 5.97 Å². The molecular weight excluding hydrogens is 789 g/mol. The molecule has 0 radical (unpaired) electrons. The van der Waals surface area contributed by atoms with Crippen molar-refractivity contribution in [2.75, 3.05) is 12.3 Å². The first-order chi connectivity index (χ1) is 27.8. The van der Waals surface area contributed by atoms with Gasteiger partial charge in [0.25, 0.3) is 0 Å². The lowest BCUT2D eigenvalue weighted by molar-refractivity contribution is -0.982. The van der Waals surface area contributed by atoms with Crippen LogP contribution in [0, 0.1) is 12.8 Å². The molecule has 1 aromatic heterocycles. The lowest BCUT2D eigenvalue weighted by Crippen LogP contribution is -2.61. The highest BCUT2D eigenvalue weighted by atomic mass is 32.2. The predicted octanol–water partition coefficient (Wildman–Crippen LogP) is 7.38. The number of rotatable bonds is 13. The van der Waals surface area contributed by atoms with Gasteiger partial charge in [-0.2, -0.15) is 0 Å². The number of carbonyl (C=O) groups excluding carboxylic acids is 4. The Hall–Kier alpha value is -4.79. The van der Waals surface area contributed by atoms with Gasteiger partial charge in [-0.15, -0.1) is 23.1 Å². The average Bonchev–Trinajstić information content (AvgIpc) is 3.57. The number of ether oxygens (including phenoxy) is 1. The van der Waals surface area contributed by atoms with E-state index in [-0.39, 0.29) is 35.3 Å². The molecule has 7 rings (SSSR count). The maximum atomic E-state index is 13.9. The number of esters is 1. The summed E-state index contributed by atoms with van der Waals surface area (Å²) in [6.45, 7) is 14.2. The second-order valence-corrected chi connectivity index (χ2v) is 19.8. The molecule has 1 saturated heterocycles. The lowest BCUT2D eigenvalue weighted by Gasteiger charge is -2.51. The van der Waals surface area contributed by atoms with Crippen molar-refractivity contribution in [1.29, 1.82) is 0 Å². The van der Waals surface area contributed by atoms with Crippen LogP contribution in [0.4, 0.5) is 0 Å². The van der Waals surface area contributed by atoms with Crippen LogP contribution in [0.5, 0.6) is 11.5 Å². The topological polar surface area (TPSA) is 156 Å². The monoisotopic (exact) mass is 841 g/mol. The van der Waals surface area contributed by atoms with Gasteiger partial charge in [-0.1, -0.05) is 41.6 Å². The third-order valence-corrected chi connectivity index (χ3v) is 13.8. The predicted molar refractivity (Wildman–Crippen MR) is 227 cm³/mol. The Morgan fingerprint density at radius 2 is 1.73 bits per heavy atom. The molecule has 1 aliphatic carbocycles. The fourth-order valence-corrected chi connectivity index (χ4v) is 10.3. The van der Waals surface area contributed by atoms with Crippen LogP contribution < -0.4 is 0 Å². The third kappa shape index (κ3) is 8.90. The number of phenolic OH excluding ortho intramolecular Hbond substituents is 2. The fraction of sp³-hybridized carbons (Fsp3) is 0.467. The molecule has 2 N–H and O–H groups in total. The van der Waals surface area contributed by atoms with Gasteiger partial charge in [-0.05, 0) is 89.6 Å². The molecule has 3 aromatic rings. The van der Waals surface area contributed by atoms with Gasteiger partial charge in [-0.25, -0.2) is 9.78 Å². The smallest absolute Gasteiger partial charge is 0.353 e. The number of allylic oxidation sites excluding steroid dienone is 2. The van der Waals surface area contributed by atoms with Crippen molar-refractivity contribution in [3.8, 4) is 11.5 Å². The van der Waals surface area contributed by atoms with E-state index in [4.69, 9.17) is 9.57 Å². The first-order valence-corrected chi connectivity index (χ1v) is 22.1. The van der Waals surface area contributed by atoms with Crippen molar-refractivity contribution >= 4 is 58.3 Å². The van der Waals surface area contributed by atoms with Crippen LogP contribution in [0.1, 0.15) is 100 Å². The van der Waals surface area contributed by atoms with Gasteiger partial charge in [0, 0.05) is 42.0 Å². The number of ketones is 2. The average molecular weight is 842 g/mol. The minimum atomic E-state index is -1.50. The Bertz CT molecular complexity index is 2270. The van der Waals surface area contributed by atoms with Crippen molar-refractivity contribution in [2.45, 2.75) is 116 Å². The number of oxime groups is 1. The minimum absolute atomic E-state index is 0.0604. The standard InChI is InChI=1S/C45H52N4O8S2/c1-26(50)40-31(16-15-28-11-13-29(14-12-28)22-49(33-9-8-10-33)18-17-30-19-36(51)37(52)20-32(30)23-49)24-59-42-34(41(54)48(40)42)21-38(53)39(35-25-58-27(2)46-35)47-57-45(6,7)43(55)56-44(3,4)5/h11-16,19-20,25,33-34,42H,8-10,17-18,21-24H2,1-7H3,(H-,47,51,52,53)/p+1/t34-,42-,49?/m1/s1. The van der Waals surface area contributed by atoms with E-state index in [0.717, 1.165) is 52.8 Å². The van der Waals surface area contributed by atoms with Crippen LogP contribution in [0.25, 0.3) is 6.08 Å². The summed E-state index contributed by atoms with van der Waals surface area (Å²) in [4.78, 5) is 65.1. The van der Waals surface area contributed by atoms with Crippen molar-refractivity contribution < 1.29 is 43.4 Å². The van der Waals surface area contributed by atoms with Gasteiger partial charge in [0.15, 0.2) is 28.8 Å². The molecule has 0 bridgehead atoms. The number of nitrogens with zero attached hydrogens (tertiary/aromatic N) is 4. The van der Waals surface area contributed by atoms with Crippen LogP contribution in [-0.4, -0.2) is 88.7 Å². The Kier molecular flexibility index (Phi) is 11.7. The number of phenols is 2. The minimum Gasteiger partial charge on any atom is -0.504 e. The molecule has 4 heterocycles. The Labute approximate surface area is 353 Å². The number of aromatic hydroxyl groups is 2. The summed E-state index contributed by atoms with van der Waals surface area (Å²) < 4.78 is 6.42.